The molecule has 1 aliphatic rings. The standard InChI is InChI=1S/C21H18ClN3O4S2/c1-13(26)19-12-30-21(23-19)24-20(27)17-10-16(6-7-18(17)22)31(28,29)25-9-8-14-4-2-3-5-15(14)11-25/h2-7,10,12H,8-9,11H2,1H3,(H,23,24,27). The van der Waals surface area contributed by atoms with Crippen LogP contribution in [-0.4, -0.2) is 35.9 Å². The largest absolute Gasteiger partial charge is 0.298 e. The number of hydrogen-bond acceptors (Lipinski definition) is 6. The van der Waals surface area contributed by atoms with Crippen LogP contribution in [-0.2, 0) is 23.0 Å². The number of carbonyl (C=O) groups is 2. The van der Waals surface area contributed by atoms with E-state index in [0.29, 0.717) is 13.0 Å². The molecule has 31 heavy (non-hydrogen) atoms. The number of hydrogen-bond donors (Lipinski definition) is 1. The first-order valence-corrected chi connectivity index (χ1v) is 12.1. The Bertz CT molecular complexity index is 1290. The number of aromatic nitrogens is 1. The molecule has 4 rings (SSSR count). The van der Waals surface area contributed by atoms with Crippen molar-refractivity contribution in [3.8, 4) is 0 Å². The fourth-order valence-electron chi connectivity index (χ4n) is 3.32. The fraction of sp³-hybridized carbons (Fsp3) is 0.190. The van der Waals surface area contributed by atoms with Crippen molar-refractivity contribution in [2.45, 2.75) is 24.8 Å². The summed E-state index contributed by atoms with van der Waals surface area (Å²) >= 11 is 7.27. The van der Waals surface area contributed by atoms with Gasteiger partial charge in [0.2, 0.25) is 10.0 Å². The molecule has 0 saturated heterocycles. The third kappa shape index (κ3) is 4.40. The van der Waals surface area contributed by atoms with Crippen LogP contribution in [0.5, 0.6) is 0 Å². The van der Waals surface area contributed by atoms with Gasteiger partial charge in [-0.05, 0) is 35.7 Å². The fourth-order valence-corrected chi connectivity index (χ4v) is 5.71. The summed E-state index contributed by atoms with van der Waals surface area (Å²) in [6, 6.07) is 11.8. The smallest absolute Gasteiger partial charge is 0.259 e. The molecule has 0 radical (unpaired) electrons. The third-order valence-electron chi connectivity index (χ3n) is 5.00. The van der Waals surface area contributed by atoms with Crippen LogP contribution >= 0.6 is 22.9 Å². The zero-order valence-corrected chi connectivity index (χ0v) is 18.9. The molecule has 0 saturated carbocycles. The van der Waals surface area contributed by atoms with Crippen LogP contribution < -0.4 is 5.32 Å². The number of Topliss-reactive ketones (excluding diaryl/α,β-unsaturated/α-hetero) is 1. The molecule has 1 aliphatic heterocycles. The van der Waals surface area contributed by atoms with Crippen LogP contribution in [0.3, 0.4) is 0 Å². The Morgan fingerprint density at radius 3 is 2.61 bits per heavy atom. The molecule has 3 aromatic rings. The van der Waals surface area contributed by atoms with E-state index in [9.17, 15) is 18.0 Å². The lowest BCUT2D eigenvalue weighted by molar-refractivity contribution is 0.100. The summed E-state index contributed by atoms with van der Waals surface area (Å²) in [4.78, 5) is 28.1. The monoisotopic (exact) mass is 475 g/mol. The number of fused-ring (bicyclic) bond motifs is 1. The van der Waals surface area contributed by atoms with Gasteiger partial charge in [0.15, 0.2) is 10.9 Å². The minimum atomic E-state index is -3.82. The molecule has 0 atom stereocenters. The van der Waals surface area contributed by atoms with E-state index >= 15 is 0 Å². The maximum atomic E-state index is 13.2. The predicted molar refractivity (Wildman–Crippen MR) is 119 cm³/mol. The quantitative estimate of drug-likeness (QED) is 0.562. The van der Waals surface area contributed by atoms with E-state index < -0.39 is 15.9 Å². The number of rotatable bonds is 5. The molecule has 0 fully saturated rings. The molecule has 2 aromatic carbocycles. The first-order chi connectivity index (χ1) is 14.8. The molecule has 0 aliphatic carbocycles. The van der Waals surface area contributed by atoms with Gasteiger partial charge in [-0.15, -0.1) is 11.3 Å². The lowest BCUT2D eigenvalue weighted by atomic mass is 10.0. The Kier molecular flexibility index (Phi) is 5.94. The van der Waals surface area contributed by atoms with Crippen molar-refractivity contribution < 1.29 is 18.0 Å². The zero-order valence-electron chi connectivity index (χ0n) is 16.5. The highest BCUT2D eigenvalue weighted by Gasteiger charge is 2.29. The number of benzene rings is 2. The summed E-state index contributed by atoms with van der Waals surface area (Å²) in [6.07, 6.45) is 0.624. The first-order valence-electron chi connectivity index (χ1n) is 9.40. The Hall–Kier alpha value is -2.59. The number of anilines is 1. The molecule has 160 valence electrons. The van der Waals surface area contributed by atoms with E-state index in [1.165, 1.54) is 34.8 Å². The van der Waals surface area contributed by atoms with E-state index in [0.717, 1.165) is 22.5 Å². The summed E-state index contributed by atoms with van der Waals surface area (Å²) < 4.78 is 27.8. The van der Waals surface area contributed by atoms with Gasteiger partial charge in [0.25, 0.3) is 5.91 Å². The van der Waals surface area contributed by atoms with Crippen LogP contribution in [0.2, 0.25) is 5.02 Å². The van der Waals surface area contributed by atoms with Crippen molar-refractivity contribution in [2.75, 3.05) is 11.9 Å². The average molecular weight is 476 g/mol. The number of nitrogens with one attached hydrogen (secondary N) is 1. The van der Waals surface area contributed by atoms with Crippen LogP contribution in [0.1, 0.15) is 38.9 Å². The summed E-state index contributed by atoms with van der Waals surface area (Å²) in [5.41, 5.74) is 2.36. The van der Waals surface area contributed by atoms with Gasteiger partial charge in [-0.2, -0.15) is 4.31 Å². The number of sulfonamides is 1. The number of amides is 1. The van der Waals surface area contributed by atoms with E-state index in [-0.39, 0.29) is 38.6 Å². The van der Waals surface area contributed by atoms with Crippen molar-refractivity contribution in [2.24, 2.45) is 0 Å². The number of ketones is 1. The van der Waals surface area contributed by atoms with Crippen molar-refractivity contribution >= 4 is 49.8 Å². The lowest BCUT2D eigenvalue weighted by Gasteiger charge is -2.28. The molecular weight excluding hydrogens is 458 g/mol. The van der Waals surface area contributed by atoms with E-state index in [1.807, 2.05) is 24.3 Å². The molecule has 10 heteroatoms. The highest BCUT2D eigenvalue weighted by Crippen LogP contribution is 2.28. The summed E-state index contributed by atoms with van der Waals surface area (Å²) in [5, 5.41) is 4.45. The van der Waals surface area contributed by atoms with Gasteiger partial charge in [0.1, 0.15) is 5.69 Å². The van der Waals surface area contributed by atoms with Gasteiger partial charge in [0.05, 0.1) is 15.5 Å². The zero-order chi connectivity index (χ0) is 22.2. The van der Waals surface area contributed by atoms with Crippen molar-refractivity contribution in [3.05, 3.63) is 75.3 Å². The molecule has 1 N–H and O–H groups in total. The normalized spacial score (nSPS) is 14.1. The molecular formula is C21H18ClN3O4S2. The second-order valence-corrected chi connectivity index (χ2v) is 10.3. The third-order valence-corrected chi connectivity index (χ3v) is 7.93. The molecule has 0 spiro atoms. The van der Waals surface area contributed by atoms with Gasteiger partial charge in [-0.25, -0.2) is 13.4 Å². The topological polar surface area (TPSA) is 96.4 Å². The SMILES string of the molecule is CC(=O)c1csc(NC(=O)c2cc(S(=O)(=O)N3CCc4ccccc4C3)ccc2Cl)n1. The Morgan fingerprint density at radius 1 is 1.16 bits per heavy atom. The van der Waals surface area contributed by atoms with Gasteiger partial charge in [0, 0.05) is 25.4 Å². The van der Waals surface area contributed by atoms with Crippen LogP contribution in [0.15, 0.2) is 52.7 Å². The number of halogens is 1. The van der Waals surface area contributed by atoms with Gasteiger partial charge in [-0.3, -0.25) is 14.9 Å². The molecule has 0 bridgehead atoms. The Labute approximate surface area is 188 Å². The van der Waals surface area contributed by atoms with Crippen molar-refractivity contribution in [1.82, 2.24) is 9.29 Å². The maximum Gasteiger partial charge on any atom is 0.259 e. The second kappa shape index (κ2) is 8.51. The van der Waals surface area contributed by atoms with Gasteiger partial charge >= 0.3 is 0 Å². The molecule has 1 aromatic heterocycles. The Morgan fingerprint density at radius 2 is 1.90 bits per heavy atom. The number of nitrogens with zero attached hydrogens (tertiary/aromatic N) is 2. The van der Waals surface area contributed by atoms with E-state index in [1.54, 1.807) is 0 Å². The highest BCUT2D eigenvalue weighted by atomic mass is 35.5. The summed E-state index contributed by atoms with van der Waals surface area (Å²) in [7, 11) is -3.82. The van der Waals surface area contributed by atoms with E-state index in [2.05, 4.69) is 10.3 Å². The van der Waals surface area contributed by atoms with Gasteiger partial charge in [-0.1, -0.05) is 35.9 Å². The molecule has 2 heterocycles. The van der Waals surface area contributed by atoms with Crippen molar-refractivity contribution in [1.29, 1.82) is 0 Å². The summed E-state index contributed by atoms with van der Waals surface area (Å²) in [6.45, 7) is 2.01. The van der Waals surface area contributed by atoms with Gasteiger partial charge < -0.3 is 0 Å². The van der Waals surface area contributed by atoms with Crippen LogP contribution in [0.25, 0.3) is 0 Å². The Balaban J connectivity index is 1.59. The molecule has 7 nitrogen and oxygen atoms in total. The van der Waals surface area contributed by atoms with Crippen molar-refractivity contribution in [3.63, 3.8) is 0 Å². The lowest BCUT2D eigenvalue weighted by Crippen LogP contribution is -2.36. The van der Waals surface area contributed by atoms with E-state index in [4.69, 9.17) is 11.6 Å². The van der Waals surface area contributed by atoms with Crippen LogP contribution in [0.4, 0.5) is 5.13 Å². The van der Waals surface area contributed by atoms with Crippen LogP contribution in [0, 0.1) is 0 Å². The summed E-state index contributed by atoms with van der Waals surface area (Å²) in [5.74, 6) is -0.818. The predicted octanol–water partition coefficient (Wildman–Crippen LogP) is 4.00. The molecule has 0 unspecified atom stereocenters. The molecule has 1 amide bonds. The average Bonchev–Trinajstić information content (AvgIpc) is 3.22. The highest BCUT2D eigenvalue weighted by molar-refractivity contribution is 7.89. The number of carbonyl (C=O) groups excluding carboxylic acids is 2. The second-order valence-electron chi connectivity index (χ2n) is 7.05. The maximum absolute atomic E-state index is 13.2. The minimum Gasteiger partial charge on any atom is -0.298 e. The first kappa shape index (κ1) is 21.6. The minimum absolute atomic E-state index is 0.00926. The number of thiazole rings is 1.